The Labute approximate surface area is 77.0 Å². The highest BCUT2D eigenvalue weighted by atomic mass is 14.7. The molecule has 0 spiro atoms. The van der Waals surface area contributed by atoms with E-state index >= 15 is 0 Å². The van der Waals surface area contributed by atoms with E-state index in [2.05, 4.69) is 6.58 Å². The van der Waals surface area contributed by atoms with Gasteiger partial charge in [0.15, 0.2) is 0 Å². The van der Waals surface area contributed by atoms with Crippen molar-refractivity contribution in [2.75, 3.05) is 13.1 Å². The molecule has 3 heteroatoms. The van der Waals surface area contributed by atoms with Crippen molar-refractivity contribution in [2.24, 2.45) is 17.2 Å². The van der Waals surface area contributed by atoms with Crippen molar-refractivity contribution in [1.82, 2.24) is 0 Å². The van der Waals surface area contributed by atoms with Gasteiger partial charge in [-0.05, 0) is 26.8 Å². The van der Waals surface area contributed by atoms with Crippen LogP contribution in [-0.2, 0) is 0 Å². The molecule has 75 valence electrons. The standard InChI is InChI=1S/C3H10N2.C3H8N.C3H6/c1-3(5)2-4;1-2-3-4;1-3-2/h3H,2,4-5H2,1H3;2H,3-4H2,1H3;3H,1H2,2H3. The first-order chi connectivity index (χ1) is 5.60. The van der Waals surface area contributed by atoms with E-state index in [-0.39, 0.29) is 6.04 Å². The van der Waals surface area contributed by atoms with E-state index in [1.54, 1.807) is 6.08 Å². The quantitative estimate of drug-likeness (QED) is 0.538. The van der Waals surface area contributed by atoms with Crippen molar-refractivity contribution in [3.8, 4) is 0 Å². The van der Waals surface area contributed by atoms with Gasteiger partial charge in [0.05, 0.1) is 0 Å². The molecular formula is C9H24N3. The van der Waals surface area contributed by atoms with E-state index in [9.17, 15) is 0 Å². The van der Waals surface area contributed by atoms with Crippen molar-refractivity contribution < 1.29 is 0 Å². The van der Waals surface area contributed by atoms with Crippen LogP contribution in [-0.4, -0.2) is 19.1 Å². The van der Waals surface area contributed by atoms with Crippen molar-refractivity contribution in [3.63, 3.8) is 0 Å². The van der Waals surface area contributed by atoms with Crippen molar-refractivity contribution in [3.05, 3.63) is 19.1 Å². The van der Waals surface area contributed by atoms with E-state index in [0.29, 0.717) is 13.1 Å². The van der Waals surface area contributed by atoms with Crippen LogP contribution in [0.3, 0.4) is 0 Å². The minimum absolute atomic E-state index is 0.162. The average molecular weight is 174 g/mol. The minimum atomic E-state index is 0.162. The Kier molecular flexibility index (Phi) is 33.0. The highest BCUT2D eigenvalue weighted by Gasteiger charge is 1.79. The second kappa shape index (κ2) is 22.4. The predicted octanol–water partition coefficient (Wildman–Crippen LogP) is 0.654. The van der Waals surface area contributed by atoms with Crippen LogP contribution in [0, 0.1) is 6.42 Å². The smallest absolute Gasteiger partial charge is 0.0134 e. The maximum absolute atomic E-state index is 5.17. The van der Waals surface area contributed by atoms with E-state index < -0.39 is 0 Å². The Bertz CT molecular complexity index is 60.8. The van der Waals surface area contributed by atoms with Gasteiger partial charge in [-0.3, -0.25) is 0 Å². The van der Waals surface area contributed by atoms with Crippen LogP contribution in [0.15, 0.2) is 12.7 Å². The predicted molar refractivity (Wildman–Crippen MR) is 57.6 cm³/mol. The van der Waals surface area contributed by atoms with E-state index in [1.807, 2.05) is 27.2 Å². The first kappa shape index (κ1) is 17.6. The van der Waals surface area contributed by atoms with Gasteiger partial charge in [0.1, 0.15) is 0 Å². The van der Waals surface area contributed by atoms with Gasteiger partial charge in [-0.25, -0.2) is 0 Å². The monoisotopic (exact) mass is 174 g/mol. The van der Waals surface area contributed by atoms with Crippen LogP contribution in [0.2, 0.25) is 0 Å². The van der Waals surface area contributed by atoms with Gasteiger partial charge in [-0.15, -0.1) is 6.58 Å². The molecule has 1 atom stereocenters. The van der Waals surface area contributed by atoms with Gasteiger partial charge in [0.25, 0.3) is 0 Å². The van der Waals surface area contributed by atoms with Gasteiger partial charge in [-0.2, -0.15) is 0 Å². The molecular weight excluding hydrogens is 150 g/mol. The fraction of sp³-hybridized carbons (Fsp3) is 0.667. The second-order valence-corrected chi connectivity index (χ2v) is 2.27. The number of rotatable bonds is 2. The molecule has 0 aromatic carbocycles. The highest BCUT2D eigenvalue weighted by Crippen LogP contribution is 1.59. The number of nitrogens with two attached hydrogens (primary N) is 3. The molecule has 1 unspecified atom stereocenters. The lowest BCUT2D eigenvalue weighted by molar-refractivity contribution is 0.752. The fourth-order valence-corrected chi connectivity index (χ4v) is 0. The SMILES string of the molecule is C=CC.CC(N)CN.C[CH]CN. The summed E-state index contributed by atoms with van der Waals surface area (Å²) in [6.45, 7) is 10.3. The Balaban J connectivity index is -0.000000105. The van der Waals surface area contributed by atoms with E-state index in [4.69, 9.17) is 17.2 Å². The first-order valence-corrected chi connectivity index (χ1v) is 4.11. The van der Waals surface area contributed by atoms with Gasteiger partial charge in [-0.1, -0.05) is 13.0 Å². The van der Waals surface area contributed by atoms with Crippen LogP contribution in [0.5, 0.6) is 0 Å². The molecule has 0 saturated carbocycles. The molecule has 0 aromatic heterocycles. The molecule has 0 bridgehead atoms. The maximum Gasteiger partial charge on any atom is 0.0134 e. The minimum Gasteiger partial charge on any atom is -0.330 e. The number of hydrogen-bond donors (Lipinski definition) is 3. The molecule has 0 aliphatic heterocycles. The Morgan fingerprint density at radius 2 is 1.50 bits per heavy atom. The van der Waals surface area contributed by atoms with Crippen molar-refractivity contribution >= 4 is 0 Å². The zero-order valence-electron chi connectivity index (χ0n) is 8.59. The second-order valence-electron chi connectivity index (χ2n) is 2.27. The molecule has 0 aromatic rings. The summed E-state index contributed by atoms with van der Waals surface area (Å²) in [4.78, 5) is 0. The highest BCUT2D eigenvalue weighted by molar-refractivity contribution is 4.51. The largest absolute Gasteiger partial charge is 0.330 e. The lowest BCUT2D eigenvalue weighted by atomic mass is 10.4. The molecule has 0 fully saturated rings. The van der Waals surface area contributed by atoms with E-state index in [0.717, 1.165) is 0 Å². The third-order valence-corrected chi connectivity index (χ3v) is 0.607. The molecule has 0 amide bonds. The summed E-state index contributed by atoms with van der Waals surface area (Å²) in [6.07, 6.45) is 3.65. The molecule has 0 aliphatic rings. The topological polar surface area (TPSA) is 78.1 Å². The summed E-state index contributed by atoms with van der Waals surface area (Å²) in [7, 11) is 0. The first-order valence-electron chi connectivity index (χ1n) is 4.11. The number of allylic oxidation sites excluding steroid dienone is 1. The third-order valence-electron chi connectivity index (χ3n) is 0.607. The molecule has 0 aliphatic carbocycles. The van der Waals surface area contributed by atoms with Gasteiger partial charge in [0.2, 0.25) is 0 Å². The Hall–Kier alpha value is -0.380. The summed E-state index contributed by atoms with van der Waals surface area (Å²) in [5.41, 5.74) is 15.2. The maximum atomic E-state index is 5.17. The van der Waals surface area contributed by atoms with Crippen LogP contribution in [0.25, 0.3) is 0 Å². The number of hydrogen-bond acceptors (Lipinski definition) is 3. The van der Waals surface area contributed by atoms with Gasteiger partial charge < -0.3 is 17.2 Å². The Morgan fingerprint density at radius 1 is 1.33 bits per heavy atom. The summed E-state index contributed by atoms with van der Waals surface area (Å²) in [5, 5.41) is 0. The lowest BCUT2D eigenvalue weighted by Crippen LogP contribution is -2.25. The fourth-order valence-electron chi connectivity index (χ4n) is 0. The summed E-state index contributed by atoms with van der Waals surface area (Å²) in [6, 6.07) is 0.162. The van der Waals surface area contributed by atoms with Crippen LogP contribution >= 0.6 is 0 Å². The molecule has 3 nitrogen and oxygen atoms in total. The summed E-state index contributed by atoms with van der Waals surface area (Å²) < 4.78 is 0. The zero-order valence-corrected chi connectivity index (χ0v) is 8.59. The average Bonchev–Trinajstić information content (AvgIpc) is 2.06. The third kappa shape index (κ3) is 104. The van der Waals surface area contributed by atoms with E-state index in [1.165, 1.54) is 0 Å². The molecule has 0 rings (SSSR count). The zero-order chi connectivity index (χ0) is 10.4. The molecule has 0 saturated heterocycles. The van der Waals surface area contributed by atoms with Gasteiger partial charge in [0, 0.05) is 12.6 Å². The summed E-state index contributed by atoms with van der Waals surface area (Å²) >= 11 is 0. The van der Waals surface area contributed by atoms with Crippen LogP contribution < -0.4 is 17.2 Å². The Morgan fingerprint density at radius 3 is 1.50 bits per heavy atom. The van der Waals surface area contributed by atoms with Crippen LogP contribution in [0.4, 0.5) is 0 Å². The molecule has 0 heterocycles. The lowest BCUT2D eigenvalue weighted by Gasteiger charge is -1.92. The molecule has 6 N–H and O–H groups in total. The summed E-state index contributed by atoms with van der Waals surface area (Å²) in [5.74, 6) is 0. The molecule has 1 radical (unpaired) electrons. The van der Waals surface area contributed by atoms with Gasteiger partial charge >= 0.3 is 0 Å². The normalized spacial score (nSPS) is 9.83. The van der Waals surface area contributed by atoms with Crippen molar-refractivity contribution in [2.45, 2.75) is 26.8 Å². The van der Waals surface area contributed by atoms with Crippen molar-refractivity contribution in [1.29, 1.82) is 0 Å². The van der Waals surface area contributed by atoms with Crippen LogP contribution in [0.1, 0.15) is 20.8 Å². The molecule has 12 heavy (non-hydrogen) atoms.